The molecular formula is C18H21N. The molecule has 1 heterocycles. The van der Waals surface area contributed by atoms with Crippen molar-refractivity contribution in [3.8, 4) is 0 Å². The van der Waals surface area contributed by atoms with Gasteiger partial charge in [-0.3, -0.25) is 0 Å². The quantitative estimate of drug-likeness (QED) is 0.737. The Morgan fingerprint density at radius 1 is 1.11 bits per heavy atom. The number of hydrogen-bond acceptors (Lipinski definition) is 1. The highest BCUT2D eigenvalue weighted by Gasteiger charge is 2.18. The highest BCUT2D eigenvalue weighted by atomic mass is 15.1. The van der Waals surface area contributed by atoms with Crippen LogP contribution in [0.2, 0.25) is 0 Å². The molecule has 98 valence electrons. The Morgan fingerprint density at radius 2 is 1.74 bits per heavy atom. The van der Waals surface area contributed by atoms with Gasteiger partial charge in [0.1, 0.15) is 0 Å². The summed E-state index contributed by atoms with van der Waals surface area (Å²) >= 11 is 0. The van der Waals surface area contributed by atoms with Crippen LogP contribution in [-0.4, -0.2) is 11.9 Å². The minimum absolute atomic E-state index is 1.06. The average molecular weight is 251 g/mol. The third kappa shape index (κ3) is 2.55. The van der Waals surface area contributed by atoms with Gasteiger partial charge < -0.3 is 4.90 Å². The second-order valence-electron chi connectivity index (χ2n) is 5.01. The Bertz CT molecular complexity index is 583. The number of hydrogen-bond donors (Lipinski definition) is 0. The molecule has 0 unspecified atom stereocenters. The van der Waals surface area contributed by atoms with E-state index in [1.807, 2.05) is 14.0 Å². The number of likely N-dealkylation sites (N-methyl/N-ethyl adjacent to an activating group) is 1. The fraction of sp³-hybridized carbons (Fsp3) is 0.222. The van der Waals surface area contributed by atoms with E-state index in [9.17, 15) is 0 Å². The van der Waals surface area contributed by atoms with Crippen LogP contribution in [0.1, 0.15) is 25.0 Å². The highest BCUT2D eigenvalue weighted by Crippen LogP contribution is 2.34. The van der Waals surface area contributed by atoms with Crippen molar-refractivity contribution >= 4 is 5.57 Å². The summed E-state index contributed by atoms with van der Waals surface area (Å²) in [6.45, 7) is 10.4. The fourth-order valence-electron chi connectivity index (χ4n) is 2.31. The molecule has 0 aromatic heterocycles. The monoisotopic (exact) mass is 251 g/mol. The molecule has 1 nitrogen and oxygen atoms in total. The molecule has 0 fully saturated rings. The summed E-state index contributed by atoms with van der Waals surface area (Å²) in [5.41, 5.74) is 7.34. The maximum Gasteiger partial charge on any atom is 0.0366 e. The van der Waals surface area contributed by atoms with Gasteiger partial charge in [-0.2, -0.15) is 0 Å². The molecule has 0 spiro atoms. The lowest BCUT2D eigenvalue weighted by Crippen LogP contribution is -2.17. The van der Waals surface area contributed by atoms with E-state index >= 15 is 0 Å². The van der Waals surface area contributed by atoms with E-state index in [4.69, 9.17) is 0 Å². The molecule has 2 rings (SSSR count). The predicted octanol–water partition coefficient (Wildman–Crippen LogP) is 4.69. The smallest absolute Gasteiger partial charge is 0.0366 e. The van der Waals surface area contributed by atoms with Gasteiger partial charge in [0.05, 0.1) is 0 Å². The lowest BCUT2D eigenvalue weighted by atomic mass is 9.90. The molecular weight excluding hydrogens is 230 g/mol. The van der Waals surface area contributed by atoms with Gasteiger partial charge in [-0.15, -0.1) is 0 Å². The zero-order valence-corrected chi connectivity index (χ0v) is 12.2. The third-order valence-corrected chi connectivity index (χ3v) is 3.57. The second kappa shape index (κ2) is 5.31. The number of rotatable bonds is 2. The first-order valence-electron chi connectivity index (χ1n) is 6.59. The van der Waals surface area contributed by atoms with Crippen molar-refractivity contribution in [1.82, 2.24) is 4.90 Å². The Hall–Kier alpha value is -2.02. The van der Waals surface area contributed by atoms with Crippen LogP contribution < -0.4 is 0 Å². The van der Waals surface area contributed by atoms with E-state index in [0.29, 0.717) is 0 Å². The lowest BCUT2D eigenvalue weighted by Gasteiger charge is -2.28. The van der Waals surface area contributed by atoms with Crippen molar-refractivity contribution in [2.75, 3.05) is 7.05 Å². The van der Waals surface area contributed by atoms with Crippen LogP contribution >= 0.6 is 0 Å². The van der Waals surface area contributed by atoms with Crippen LogP contribution in [0.15, 0.2) is 66.0 Å². The minimum atomic E-state index is 1.06. The molecule has 1 aliphatic rings. The third-order valence-electron chi connectivity index (χ3n) is 3.57. The zero-order chi connectivity index (χ0) is 14.0. The largest absolute Gasteiger partial charge is 0.351 e. The second-order valence-corrected chi connectivity index (χ2v) is 5.01. The number of benzene rings is 1. The Morgan fingerprint density at radius 3 is 2.32 bits per heavy atom. The molecule has 0 saturated carbocycles. The summed E-state index contributed by atoms with van der Waals surface area (Å²) in [5, 5.41) is 0. The number of aryl methyl sites for hydroxylation is 1. The van der Waals surface area contributed by atoms with Gasteiger partial charge in [-0.05, 0) is 37.5 Å². The van der Waals surface area contributed by atoms with E-state index in [2.05, 4.69) is 67.9 Å². The number of nitrogens with zero attached hydrogens (tertiary/aromatic N) is 1. The molecule has 19 heavy (non-hydrogen) atoms. The molecule has 0 radical (unpaired) electrons. The van der Waals surface area contributed by atoms with E-state index in [1.54, 1.807) is 0 Å². The van der Waals surface area contributed by atoms with Crippen LogP contribution in [0.25, 0.3) is 5.57 Å². The Balaban J connectivity index is 2.56. The molecule has 0 N–H and O–H groups in total. The lowest BCUT2D eigenvalue weighted by molar-refractivity contribution is 0.577. The highest BCUT2D eigenvalue weighted by molar-refractivity contribution is 5.85. The van der Waals surface area contributed by atoms with Gasteiger partial charge in [0.2, 0.25) is 0 Å². The average Bonchev–Trinajstić information content (AvgIpc) is 2.40. The first-order chi connectivity index (χ1) is 9.04. The van der Waals surface area contributed by atoms with Crippen LogP contribution in [0.4, 0.5) is 0 Å². The van der Waals surface area contributed by atoms with E-state index < -0.39 is 0 Å². The molecule has 0 atom stereocenters. The van der Waals surface area contributed by atoms with E-state index in [-0.39, 0.29) is 0 Å². The van der Waals surface area contributed by atoms with Gasteiger partial charge >= 0.3 is 0 Å². The summed E-state index contributed by atoms with van der Waals surface area (Å²) in [5.74, 6) is 0. The maximum atomic E-state index is 4.14. The van der Waals surface area contributed by atoms with Gasteiger partial charge in [0, 0.05) is 24.5 Å². The molecule has 1 aliphatic heterocycles. The zero-order valence-electron chi connectivity index (χ0n) is 12.2. The normalized spacial score (nSPS) is 16.3. The van der Waals surface area contributed by atoms with Crippen molar-refractivity contribution in [3.05, 3.63) is 77.2 Å². The summed E-state index contributed by atoms with van der Waals surface area (Å²) in [6, 6.07) is 8.67. The summed E-state index contributed by atoms with van der Waals surface area (Å²) in [6.07, 6.45) is 6.41. The molecule has 1 aromatic carbocycles. The molecule has 0 aliphatic carbocycles. The first-order valence-corrected chi connectivity index (χ1v) is 6.59. The summed E-state index contributed by atoms with van der Waals surface area (Å²) in [7, 11) is 2.05. The Kier molecular flexibility index (Phi) is 3.75. The molecule has 0 bridgehead atoms. The van der Waals surface area contributed by atoms with Crippen LogP contribution in [0.3, 0.4) is 0 Å². The van der Waals surface area contributed by atoms with Crippen molar-refractivity contribution in [1.29, 1.82) is 0 Å². The number of allylic oxidation sites excluding steroid dienone is 5. The summed E-state index contributed by atoms with van der Waals surface area (Å²) in [4.78, 5) is 2.09. The molecule has 1 heteroatoms. The SMILES string of the molecule is C=C1C(C)=C(/C=C\C)C(c2ccc(C)cc2)=CN1C. The standard InChI is InChI=1S/C18H21N/c1-6-7-17-14(3)15(4)19(5)12-18(17)16-10-8-13(2)9-11-16/h6-12H,4H2,1-3,5H3/b7-6-. The van der Waals surface area contributed by atoms with Crippen molar-refractivity contribution < 1.29 is 0 Å². The van der Waals surface area contributed by atoms with Crippen molar-refractivity contribution in [2.24, 2.45) is 0 Å². The van der Waals surface area contributed by atoms with Gasteiger partial charge in [0.15, 0.2) is 0 Å². The van der Waals surface area contributed by atoms with E-state index in [1.165, 1.54) is 27.8 Å². The van der Waals surface area contributed by atoms with Crippen LogP contribution in [-0.2, 0) is 0 Å². The van der Waals surface area contributed by atoms with Gasteiger partial charge in [-0.25, -0.2) is 0 Å². The first kappa shape index (κ1) is 13.4. The van der Waals surface area contributed by atoms with E-state index in [0.717, 1.165) is 5.70 Å². The summed E-state index contributed by atoms with van der Waals surface area (Å²) < 4.78 is 0. The van der Waals surface area contributed by atoms with Crippen molar-refractivity contribution in [2.45, 2.75) is 20.8 Å². The van der Waals surface area contributed by atoms with Gasteiger partial charge in [0.25, 0.3) is 0 Å². The van der Waals surface area contributed by atoms with Crippen LogP contribution in [0, 0.1) is 6.92 Å². The maximum absolute atomic E-state index is 4.14. The topological polar surface area (TPSA) is 3.24 Å². The fourth-order valence-corrected chi connectivity index (χ4v) is 2.31. The molecule has 0 amide bonds. The van der Waals surface area contributed by atoms with Crippen LogP contribution in [0.5, 0.6) is 0 Å². The van der Waals surface area contributed by atoms with Crippen molar-refractivity contribution in [3.63, 3.8) is 0 Å². The molecule has 0 saturated heterocycles. The molecule has 1 aromatic rings. The van der Waals surface area contributed by atoms with Gasteiger partial charge in [-0.1, -0.05) is 48.6 Å². The minimum Gasteiger partial charge on any atom is -0.351 e. The predicted molar refractivity (Wildman–Crippen MR) is 83.6 cm³/mol. The Labute approximate surface area is 116 Å².